The fourth-order valence-electron chi connectivity index (χ4n) is 3.05. The lowest BCUT2D eigenvalue weighted by molar-refractivity contribution is -0.121. The van der Waals surface area contributed by atoms with Gasteiger partial charge in [-0.2, -0.15) is 0 Å². The maximum atomic E-state index is 11.9. The van der Waals surface area contributed by atoms with Crippen molar-refractivity contribution in [1.82, 2.24) is 10.3 Å². The maximum absolute atomic E-state index is 11.9. The molecule has 2 N–H and O–H groups in total. The van der Waals surface area contributed by atoms with Gasteiger partial charge in [-0.25, -0.2) is 0 Å². The fourth-order valence-corrected chi connectivity index (χ4v) is 3.05. The van der Waals surface area contributed by atoms with E-state index in [1.54, 1.807) is 12.4 Å². The monoisotopic (exact) mass is 338 g/mol. The number of carbonyl (C=O) groups is 1. The second kappa shape index (κ2) is 9.06. The Morgan fingerprint density at radius 1 is 1.08 bits per heavy atom. The lowest BCUT2D eigenvalue weighted by atomic mass is 10.1. The van der Waals surface area contributed by atoms with Crippen LogP contribution in [-0.4, -0.2) is 30.5 Å². The third-order valence-electron chi connectivity index (χ3n) is 4.48. The van der Waals surface area contributed by atoms with Crippen LogP contribution in [0.5, 0.6) is 0 Å². The molecule has 0 spiro atoms. The molecule has 1 aromatic carbocycles. The van der Waals surface area contributed by atoms with Gasteiger partial charge in [-0.15, -0.1) is 0 Å². The Labute approximate surface area is 149 Å². The van der Waals surface area contributed by atoms with Crippen LogP contribution in [0.3, 0.4) is 0 Å². The number of nitrogens with one attached hydrogen (secondary N) is 2. The summed E-state index contributed by atoms with van der Waals surface area (Å²) >= 11 is 0. The highest BCUT2D eigenvalue weighted by Crippen LogP contribution is 2.21. The van der Waals surface area contributed by atoms with Gasteiger partial charge in [0.2, 0.25) is 5.91 Å². The summed E-state index contributed by atoms with van der Waals surface area (Å²) in [4.78, 5) is 18.4. The molecule has 0 bridgehead atoms. The molecule has 1 amide bonds. The van der Waals surface area contributed by atoms with Crippen LogP contribution in [0.4, 0.5) is 11.4 Å². The first-order valence-corrected chi connectivity index (χ1v) is 9.06. The molecule has 0 atom stereocenters. The number of benzene rings is 1. The number of hydrogen-bond donors (Lipinski definition) is 2. The number of carbonyl (C=O) groups excluding carboxylic acids is 1. The molecule has 2 heterocycles. The first kappa shape index (κ1) is 17.3. The molecule has 5 heteroatoms. The van der Waals surface area contributed by atoms with Gasteiger partial charge in [0.25, 0.3) is 0 Å². The Hall–Kier alpha value is -2.56. The van der Waals surface area contributed by atoms with Crippen molar-refractivity contribution >= 4 is 17.3 Å². The van der Waals surface area contributed by atoms with Crippen molar-refractivity contribution in [3.63, 3.8) is 0 Å². The summed E-state index contributed by atoms with van der Waals surface area (Å²) < 4.78 is 0. The second-order valence-corrected chi connectivity index (χ2v) is 6.41. The van der Waals surface area contributed by atoms with E-state index in [-0.39, 0.29) is 5.91 Å². The predicted octanol–water partition coefficient (Wildman–Crippen LogP) is 3.19. The Morgan fingerprint density at radius 3 is 2.60 bits per heavy atom. The van der Waals surface area contributed by atoms with Crippen LogP contribution in [0.15, 0.2) is 48.8 Å². The number of anilines is 2. The van der Waals surface area contributed by atoms with Crippen LogP contribution in [0.2, 0.25) is 0 Å². The summed E-state index contributed by atoms with van der Waals surface area (Å²) in [6.07, 6.45) is 7.86. The molecule has 0 aliphatic carbocycles. The third kappa shape index (κ3) is 5.48. The zero-order valence-electron chi connectivity index (χ0n) is 14.6. The number of nitrogens with zero attached hydrogens (tertiary/aromatic N) is 2. The highest BCUT2D eigenvalue weighted by atomic mass is 16.1. The number of rotatable bonds is 7. The standard InChI is InChI=1S/C20H26N4O/c25-20(23-16-17-5-4-11-21-15-17)10-12-22-18-6-8-19(9-7-18)24-13-2-1-3-14-24/h4-9,11,15,22H,1-3,10,12-14,16H2,(H,23,25). The number of piperidine rings is 1. The SMILES string of the molecule is O=C(CCNc1ccc(N2CCCCC2)cc1)NCc1cccnc1. The highest BCUT2D eigenvalue weighted by molar-refractivity contribution is 5.76. The molecule has 1 fully saturated rings. The maximum Gasteiger partial charge on any atom is 0.222 e. The Kier molecular flexibility index (Phi) is 6.26. The van der Waals surface area contributed by atoms with E-state index < -0.39 is 0 Å². The van der Waals surface area contributed by atoms with Crippen LogP contribution in [0.1, 0.15) is 31.2 Å². The van der Waals surface area contributed by atoms with Crippen LogP contribution in [0.25, 0.3) is 0 Å². The van der Waals surface area contributed by atoms with Crippen molar-refractivity contribution in [2.45, 2.75) is 32.2 Å². The molecule has 1 aliphatic rings. The van der Waals surface area contributed by atoms with Crippen molar-refractivity contribution in [2.24, 2.45) is 0 Å². The van der Waals surface area contributed by atoms with Gasteiger partial charge in [0, 0.05) is 56.4 Å². The smallest absolute Gasteiger partial charge is 0.222 e. The molecular formula is C20H26N4O. The van der Waals surface area contributed by atoms with E-state index in [1.807, 2.05) is 12.1 Å². The molecule has 2 aromatic rings. The van der Waals surface area contributed by atoms with Crippen molar-refractivity contribution in [2.75, 3.05) is 29.9 Å². The normalized spacial score (nSPS) is 14.2. The number of hydrogen-bond acceptors (Lipinski definition) is 4. The van der Waals surface area contributed by atoms with E-state index in [0.29, 0.717) is 19.5 Å². The molecule has 1 aliphatic heterocycles. The van der Waals surface area contributed by atoms with Crippen LogP contribution < -0.4 is 15.5 Å². The van der Waals surface area contributed by atoms with E-state index in [1.165, 1.54) is 24.9 Å². The summed E-state index contributed by atoms with van der Waals surface area (Å²) in [6.45, 7) is 3.47. The van der Waals surface area contributed by atoms with E-state index in [0.717, 1.165) is 24.3 Å². The highest BCUT2D eigenvalue weighted by Gasteiger charge is 2.10. The van der Waals surface area contributed by atoms with Crippen molar-refractivity contribution in [3.8, 4) is 0 Å². The first-order chi connectivity index (χ1) is 12.3. The number of aromatic nitrogens is 1. The van der Waals surface area contributed by atoms with Gasteiger partial charge >= 0.3 is 0 Å². The van der Waals surface area contributed by atoms with Gasteiger partial charge in [-0.05, 0) is 55.2 Å². The number of pyridine rings is 1. The van der Waals surface area contributed by atoms with Crippen molar-refractivity contribution in [1.29, 1.82) is 0 Å². The van der Waals surface area contributed by atoms with Crippen LogP contribution in [0, 0.1) is 0 Å². The topological polar surface area (TPSA) is 57.3 Å². The zero-order valence-corrected chi connectivity index (χ0v) is 14.6. The van der Waals surface area contributed by atoms with Crippen molar-refractivity contribution in [3.05, 3.63) is 54.4 Å². The minimum atomic E-state index is 0.0429. The number of amides is 1. The average molecular weight is 338 g/mol. The average Bonchev–Trinajstić information content (AvgIpc) is 2.68. The summed E-state index contributed by atoms with van der Waals surface area (Å²) in [5, 5.41) is 6.22. The first-order valence-electron chi connectivity index (χ1n) is 9.06. The van der Waals surface area contributed by atoms with Gasteiger partial charge < -0.3 is 15.5 Å². The minimum Gasteiger partial charge on any atom is -0.385 e. The molecule has 3 rings (SSSR count). The molecule has 0 radical (unpaired) electrons. The molecule has 5 nitrogen and oxygen atoms in total. The summed E-state index contributed by atoms with van der Waals surface area (Å²) in [5.74, 6) is 0.0429. The van der Waals surface area contributed by atoms with E-state index >= 15 is 0 Å². The predicted molar refractivity (Wildman–Crippen MR) is 102 cm³/mol. The van der Waals surface area contributed by atoms with Gasteiger partial charge in [-0.1, -0.05) is 6.07 Å². The van der Waals surface area contributed by atoms with E-state index in [2.05, 4.69) is 44.8 Å². The molecule has 0 saturated carbocycles. The van der Waals surface area contributed by atoms with Gasteiger partial charge in [0.15, 0.2) is 0 Å². The van der Waals surface area contributed by atoms with Crippen LogP contribution >= 0.6 is 0 Å². The van der Waals surface area contributed by atoms with Gasteiger partial charge in [0.05, 0.1) is 0 Å². The molecule has 1 aromatic heterocycles. The molecule has 0 unspecified atom stereocenters. The molecule has 25 heavy (non-hydrogen) atoms. The summed E-state index contributed by atoms with van der Waals surface area (Å²) in [7, 11) is 0. The van der Waals surface area contributed by atoms with Gasteiger partial charge in [0.1, 0.15) is 0 Å². The second-order valence-electron chi connectivity index (χ2n) is 6.41. The summed E-state index contributed by atoms with van der Waals surface area (Å²) in [5.41, 5.74) is 3.36. The van der Waals surface area contributed by atoms with E-state index in [9.17, 15) is 4.79 Å². The Morgan fingerprint density at radius 2 is 1.88 bits per heavy atom. The lowest BCUT2D eigenvalue weighted by Gasteiger charge is -2.28. The Balaban J connectivity index is 1.37. The lowest BCUT2D eigenvalue weighted by Crippen LogP contribution is -2.29. The molecule has 132 valence electrons. The Bertz CT molecular complexity index is 651. The van der Waals surface area contributed by atoms with E-state index in [4.69, 9.17) is 0 Å². The van der Waals surface area contributed by atoms with Gasteiger partial charge in [-0.3, -0.25) is 9.78 Å². The van der Waals surface area contributed by atoms with Crippen LogP contribution in [-0.2, 0) is 11.3 Å². The molecule has 1 saturated heterocycles. The van der Waals surface area contributed by atoms with Crippen molar-refractivity contribution < 1.29 is 4.79 Å². The molecular weight excluding hydrogens is 312 g/mol. The summed E-state index contributed by atoms with van der Waals surface area (Å²) in [6, 6.07) is 12.3. The third-order valence-corrected chi connectivity index (χ3v) is 4.48. The fraction of sp³-hybridized carbons (Fsp3) is 0.400. The quantitative estimate of drug-likeness (QED) is 0.814. The largest absolute Gasteiger partial charge is 0.385 e. The minimum absolute atomic E-state index is 0.0429. The zero-order chi connectivity index (χ0) is 17.3.